The standard InChI is InChI=1S/C18H18BrF3N2O3/c1-9-2-3-10(16(6-9)27-18(21)22)14(4-5-25)24-15-8-12(19)13(20)7-11(15)17(23)26/h2-3,6-8,14,18,24-25H,4-5H2,1H3,(H2,23,26). The zero-order chi connectivity index (χ0) is 20.1. The molecule has 0 saturated carbocycles. The third-order valence-corrected chi connectivity index (χ3v) is 4.44. The zero-order valence-electron chi connectivity index (χ0n) is 14.3. The molecule has 9 heteroatoms. The number of carbonyl (C=O) groups excluding carboxylic acids is 1. The molecule has 0 spiro atoms. The van der Waals surface area contributed by atoms with Crippen molar-refractivity contribution in [2.24, 2.45) is 5.73 Å². The summed E-state index contributed by atoms with van der Waals surface area (Å²) in [4.78, 5) is 11.6. The van der Waals surface area contributed by atoms with Gasteiger partial charge < -0.3 is 20.9 Å². The molecule has 27 heavy (non-hydrogen) atoms. The van der Waals surface area contributed by atoms with Crippen LogP contribution in [0.3, 0.4) is 0 Å². The van der Waals surface area contributed by atoms with Crippen LogP contribution < -0.4 is 15.8 Å². The lowest BCUT2D eigenvalue weighted by molar-refractivity contribution is -0.0506. The van der Waals surface area contributed by atoms with Crippen molar-refractivity contribution in [3.05, 3.63) is 57.3 Å². The van der Waals surface area contributed by atoms with Crippen LogP contribution in [0.4, 0.5) is 18.9 Å². The van der Waals surface area contributed by atoms with E-state index < -0.39 is 24.4 Å². The number of hydrogen-bond donors (Lipinski definition) is 3. The molecule has 4 N–H and O–H groups in total. The van der Waals surface area contributed by atoms with Crippen molar-refractivity contribution in [2.75, 3.05) is 11.9 Å². The van der Waals surface area contributed by atoms with Crippen molar-refractivity contribution in [1.29, 1.82) is 0 Å². The first-order valence-corrected chi connectivity index (χ1v) is 8.73. The number of nitrogens with two attached hydrogens (primary N) is 1. The van der Waals surface area contributed by atoms with Crippen LogP contribution >= 0.6 is 15.9 Å². The van der Waals surface area contributed by atoms with Gasteiger partial charge in [0.2, 0.25) is 0 Å². The quantitative estimate of drug-likeness (QED) is 0.568. The largest absolute Gasteiger partial charge is 0.434 e. The molecule has 5 nitrogen and oxygen atoms in total. The number of ether oxygens (including phenoxy) is 1. The second-order valence-corrected chi connectivity index (χ2v) is 6.66. The molecule has 1 atom stereocenters. The second-order valence-electron chi connectivity index (χ2n) is 5.81. The Kier molecular flexibility index (Phi) is 7.09. The van der Waals surface area contributed by atoms with Gasteiger partial charge in [-0.25, -0.2) is 4.39 Å². The number of aryl methyl sites for hydroxylation is 1. The molecule has 0 fully saturated rings. The molecule has 0 radical (unpaired) electrons. The second kappa shape index (κ2) is 9.09. The van der Waals surface area contributed by atoms with Gasteiger partial charge in [-0.05, 0) is 53.0 Å². The summed E-state index contributed by atoms with van der Waals surface area (Å²) in [5.41, 5.74) is 6.45. The molecule has 0 saturated heterocycles. The highest BCUT2D eigenvalue weighted by Crippen LogP contribution is 2.34. The monoisotopic (exact) mass is 446 g/mol. The Labute approximate surface area is 162 Å². The van der Waals surface area contributed by atoms with Crippen molar-refractivity contribution in [2.45, 2.75) is 26.0 Å². The first-order chi connectivity index (χ1) is 12.7. The summed E-state index contributed by atoms with van der Waals surface area (Å²) in [6, 6.07) is 6.33. The molecule has 0 bridgehead atoms. The zero-order valence-corrected chi connectivity index (χ0v) is 15.9. The maximum Gasteiger partial charge on any atom is 0.387 e. The first-order valence-electron chi connectivity index (χ1n) is 7.94. The molecule has 0 aliphatic rings. The Morgan fingerprint density at radius 1 is 1.33 bits per heavy atom. The van der Waals surface area contributed by atoms with Crippen molar-refractivity contribution >= 4 is 27.5 Å². The minimum absolute atomic E-state index is 0.0576. The predicted octanol–water partition coefficient (Wildman–Crippen LogP) is 4.13. The van der Waals surface area contributed by atoms with Gasteiger partial charge in [-0.2, -0.15) is 8.78 Å². The van der Waals surface area contributed by atoms with Crippen LogP contribution in [0.15, 0.2) is 34.8 Å². The van der Waals surface area contributed by atoms with E-state index >= 15 is 0 Å². The highest BCUT2D eigenvalue weighted by molar-refractivity contribution is 9.10. The number of alkyl halides is 2. The number of amides is 1. The Morgan fingerprint density at radius 2 is 2.04 bits per heavy atom. The van der Waals surface area contributed by atoms with E-state index in [4.69, 9.17) is 5.73 Å². The number of benzene rings is 2. The van der Waals surface area contributed by atoms with E-state index in [0.717, 1.165) is 6.07 Å². The normalized spacial score (nSPS) is 12.1. The van der Waals surface area contributed by atoms with Gasteiger partial charge in [0.05, 0.1) is 16.1 Å². The van der Waals surface area contributed by atoms with E-state index in [-0.39, 0.29) is 34.5 Å². The average molecular weight is 447 g/mol. The summed E-state index contributed by atoms with van der Waals surface area (Å²) in [5, 5.41) is 12.4. The molecule has 2 aromatic carbocycles. The Bertz CT molecular complexity index is 834. The fraction of sp³-hybridized carbons (Fsp3) is 0.278. The molecule has 0 aromatic heterocycles. The van der Waals surface area contributed by atoms with E-state index in [1.165, 1.54) is 12.1 Å². The van der Waals surface area contributed by atoms with Crippen molar-refractivity contribution < 1.29 is 27.8 Å². The molecule has 0 heterocycles. The third kappa shape index (κ3) is 5.36. The number of carbonyl (C=O) groups is 1. The van der Waals surface area contributed by atoms with Gasteiger partial charge in [0.25, 0.3) is 5.91 Å². The summed E-state index contributed by atoms with van der Waals surface area (Å²) in [7, 11) is 0. The lowest BCUT2D eigenvalue weighted by Crippen LogP contribution is -2.19. The number of anilines is 1. The Balaban J connectivity index is 2.48. The van der Waals surface area contributed by atoms with Crippen molar-refractivity contribution in [1.82, 2.24) is 0 Å². The third-order valence-electron chi connectivity index (χ3n) is 3.83. The number of nitrogens with one attached hydrogen (secondary N) is 1. The average Bonchev–Trinajstić information content (AvgIpc) is 2.57. The van der Waals surface area contributed by atoms with Crippen LogP contribution in [-0.4, -0.2) is 24.2 Å². The SMILES string of the molecule is Cc1ccc(C(CCO)Nc2cc(Br)c(F)cc2C(N)=O)c(OC(F)F)c1. The van der Waals surface area contributed by atoms with E-state index in [0.29, 0.717) is 11.1 Å². The van der Waals surface area contributed by atoms with E-state index in [2.05, 4.69) is 26.0 Å². The van der Waals surface area contributed by atoms with Crippen LogP contribution in [0.1, 0.15) is 33.9 Å². The highest BCUT2D eigenvalue weighted by atomic mass is 79.9. The molecule has 1 amide bonds. The van der Waals surface area contributed by atoms with E-state index in [1.807, 2.05) is 0 Å². The number of hydrogen-bond acceptors (Lipinski definition) is 4. The fourth-order valence-electron chi connectivity index (χ4n) is 2.62. The van der Waals surface area contributed by atoms with Gasteiger partial charge >= 0.3 is 6.61 Å². The summed E-state index contributed by atoms with van der Waals surface area (Å²) >= 11 is 3.03. The van der Waals surface area contributed by atoms with Crippen LogP contribution in [0.25, 0.3) is 0 Å². The molecular formula is C18H18BrF3N2O3. The number of aliphatic hydroxyl groups is 1. The lowest BCUT2D eigenvalue weighted by Gasteiger charge is -2.24. The molecule has 0 aliphatic carbocycles. The fourth-order valence-corrected chi connectivity index (χ4v) is 2.96. The number of aliphatic hydroxyl groups excluding tert-OH is 1. The van der Waals surface area contributed by atoms with Crippen LogP contribution in [0.2, 0.25) is 0 Å². The first kappa shape index (κ1) is 21.0. The van der Waals surface area contributed by atoms with Gasteiger partial charge in [0.1, 0.15) is 11.6 Å². The summed E-state index contributed by atoms with van der Waals surface area (Å²) < 4.78 is 44.0. The summed E-state index contributed by atoms with van der Waals surface area (Å²) in [6.45, 7) is -1.58. The van der Waals surface area contributed by atoms with Gasteiger partial charge in [0, 0.05) is 17.9 Å². The minimum Gasteiger partial charge on any atom is -0.434 e. The van der Waals surface area contributed by atoms with Gasteiger partial charge in [0.15, 0.2) is 0 Å². The van der Waals surface area contributed by atoms with E-state index in [1.54, 1.807) is 19.1 Å². The lowest BCUT2D eigenvalue weighted by atomic mass is 10.00. The Hall–Kier alpha value is -2.26. The van der Waals surface area contributed by atoms with Crippen molar-refractivity contribution in [3.8, 4) is 5.75 Å². The molecule has 146 valence electrons. The topological polar surface area (TPSA) is 84.6 Å². The van der Waals surface area contributed by atoms with Crippen LogP contribution in [0, 0.1) is 12.7 Å². The van der Waals surface area contributed by atoms with Gasteiger partial charge in [-0.1, -0.05) is 12.1 Å². The van der Waals surface area contributed by atoms with Crippen LogP contribution in [0.5, 0.6) is 5.75 Å². The number of halogens is 4. The Morgan fingerprint density at radius 3 is 2.63 bits per heavy atom. The summed E-state index contributed by atoms with van der Waals surface area (Å²) in [6.07, 6.45) is 0.121. The molecule has 0 aliphatic heterocycles. The smallest absolute Gasteiger partial charge is 0.387 e. The minimum atomic E-state index is -3.03. The maximum absolute atomic E-state index is 13.8. The number of primary amides is 1. The van der Waals surface area contributed by atoms with Gasteiger partial charge in [-0.15, -0.1) is 0 Å². The number of rotatable bonds is 8. The van der Waals surface area contributed by atoms with Crippen LogP contribution in [-0.2, 0) is 0 Å². The van der Waals surface area contributed by atoms with Crippen molar-refractivity contribution in [3.63, 3.8) is 0 Å². The molecular weight excluding hydrogens is 429 g/mol. The summed E-state index contributed by atoms with van der Waals surface area (Å²) in [5.74, 6) is -1.59. The molecule has 2 aromatic rings. The maximum atomic E-state index is 13.8. The predicted molar refractivity (Wildman–Crippen MR) is 98.5 cm³/mol. The highest BCUT2D eigenvalue weighted by Gasteiger charge is 2.21. The molecule has 2 rings (SSSR count). The van der Waals surface area contributed by atoms with Gasteiger partial charge in [-0.3, -0.25) is 4.79 Å². The van der Waals surface area contributed by atoms with E-state index in [9.17, 15) is 23.1 Å². The molecule has 1 unspecified atom stereocenters.